The second kappa shape index (κ2) is 7.71. The first kappa shape index (κ1) is 16.8. The van der Waals surface area contributed by atoms with Crippen molar-refractivity contribution in [1.29, 1.82) is 0 Å². The molecule has 25 heavy (non-hydrogen) atoms. The summed E-state index contributed by atoms with van der Waals surface area (Å²) in [6.07, 6.45) is 3.10. The van der Waals surface area contributed by atoms with Crippen molar-refractivity contribution in [3.8, 4) is 0 Å². The molecule has 0 bridgehead atoms. The molecule has 0 radical (unpaired) electrons. The van der Waals surface area contributed by atoms with E-state index in [4.69, 9.17) is 4.74 Å². The van der Waals surface area contributed by atoms with E-state index in [1.165, 1.54) is 24.0 Å². The second-order valence-corrected chi connectivity index (χ2v) is 5.64. The molecule has 1 aliphatic rings. The molecule has 0 atom stereocenters. The third kappa shape index (κ3) is 4.10. The Kier molecular flexibility index (Phi) is 5.20. The molecular formula is C17H19N5O3. The molecule has 2 heterocycles. The van der Waals surface area contributed by atoms with Crippen molar-refractivity contribution in [3.63, 3.8) is 0 Å². The van der Waals surface area contributed by atoms with Gasteiger partial charge in [-0.3, -0.25) is 15.5 Å². The summed E-state index contributed by atoms with van der Waals surface area (Å²) in [6, 6.07) is 8.96. The van der Waals surface area contributed by atoms with Crippen molar-refractivity contribution < 1.29 is 9.66 Å². The van der Waals surface area contributed by atoms with Gasteiger partial charge in [0.25, 0.3) is 0 Å². The van der Waals surface area contributed by atoms with Gasteiger partial charge in [-0.25, -0.2) is 4.98 Å². The quantitative estimate of drug-likeness (QED) is 0.510. The fourth-order valence-corrected chi connectivity index (χ4v) is 2.72. The predicted molar refractivity (Wildman–Crippen MR) is 96.3 cm³/mol. The van der Waals surface area contributed by atoms with Crippen LogP contribution in [0.3, 0.4) is 0 Å². The van der Waals surface area contributed by atoms with Crippen LogP contribution in [-0.2, 0) is 4.74 Å². The van der Waals surface area contributed by atoms with Crippen molar-refractivity contribution in [2.24, 2.45) is 5.10 Å². The van der Waals surface area contributed by atoms with Gasteiger partial charge in [0.2, 0.25) is 5.82 Å². The zero-order valence-electron chi connectivity index (χ0n) is 13.9. The molecule has 8 nitrogen and oxygen atoms in total. The third-order valence-corrected chi connectivity index (χ3v) is 3.94. The summed E-state index contributed by atoms with van der Waals surface area (Å²) in [5, 5.41) is 15.0. The van der Waals surface area contributed by atoms with Crippen LogP contribution in [0.1, 0.15) is 11.1 Å². The minimum atomic E-state index is -0.494. The maximum absolute atomic E-state index is 10.9. The van der Waals surface area contributed by atoms with Gasteiger partial charge in [0.1, 0.15) is 0 Å². The molecule has 0 saturated carbocycles. The summed E-state index contributed by atoms with van der Waals surface area (Å²) in [5.74, 6) is 0.116. The smallest absolute Gasteiger partial charge is 0.313 e. The second-order valence-electron chi connectivity index (χ2n) is 5.64. The van der Waals surface area contributed by atoms with Gasteiger partial charge >= 0.3 is 5.69 Å². The van der Waals surface area contributed by atoms with Crippen LogP contribution in [0.4, 0.5) is 17.2 Å². The van der Waals surface area contributed by atoms with E-state index in [1.54, 1.807) is 6.21 Å². The number of hydrazone groups is 1. The molecule has 0 unspecified atom stereocenters. The first-order valence-corrected chi connectivity index (χ1v) is 7.97. The fourth-order valence-electron chi connectivity index (χ4n) is 2.72. The molecule has 1 N–H and O–H groups in total. The van der Waals surface area contributed by atoms with Crippen LogP contribution in [0.2, 0.25) is 0 Å². The molecule has 130 valence electrons. The number of benzene rings is 1. The van der Waals surface area contributed by atoms with Crippen LogP contribution in [-0.4, -0.2) is 42.4 Å². The van der Waals surface area contributed by atoms with Crippen LogP contribution >= 0.6 is 0 Å². The fraction of sp³-hybridized carbons (Fsp3) is 0.294. The molecular weight excluding hydrogens is 322 g/mol. The van der Waals surface area contributed by atoms with Gasteiger partial charge in [0.15, 0.2) is 0 Å². The molecule has 2 aromatic rings. The Bertz CT molecular complexity index is 788. The average molecular weight is 341 g/mol. The number of nitrogens with zero attached hydrogens (tertiary/aromatic N) is 4. The monoisotopic (exact) mass is 341 g/mol. The minimum absolute atomic E-state index is 0.113. The highest BCUT2D eigenvalue weighted by atomic mass is 16.6. The summed E-state index contributed by atoms with van der Waals surface area (Å²) in [6.45, 7) is 5.32. The van der Waals surface area contributed by atoms with E-state index >= 15 is 0 Å². The number of rotatable bonds is 5. The lowest BCUT2D eigenvalue weighted by atomic mass is 10.1. The number of aromatic nitrogens is 1. The van der Waals surface area contributed by atoms with E-state index in [-0.39, 0.29) is 11.5 Å². The number of nitrogens with one attached hydrogen (secondary N) is 1. The molecule has 1 aromatic carbocycles. The third-order valence-electron chi connectivity index (χ3n) is 3.94. The number of anilines is 2. The summed E-state index contributed by atoms with van der Waals surface area (Å²) in [7, 11) is 0. The van der Waals surface area contributed by atoms with Crippen molar-refractivity contribution in [2.45, 2.75) is 6.92 Å². The van der Waals surface area contributed by atoms with Gasteiger partial charge in [-0.15, -0.1) is 0 Å². The minimum Gasteiger partial charge on any atom is -0.378 e. The molecule has 0 amide bonds. The SMILES string of the molecule is Cc1cc(/C=N\Nc2ncccc2[N+](=O)[O-])ccc1N1CCOCC1. The standard InChI is InChI=1S/C17H19N5O3/c1-13-11-14(4-5-15(13)21-7-9-25-10-8-21)12-19-20-17-16(22(23)24)3-2-6-18-17/h2-6,11-12H,7-10H2,1H3,(H,18,20)/b19-12-. The molecule has 3 rings (SSSR count). The molecule has 8 heteroatoms. The highest BCUT2D eigenvalue weighted by Crippen LogP contribution is 2.22. The number of pyridine rings is 1. The van der Waals surface area contributed by atoms with Gasteiger partial charge in [-0.2, -0.15) is 5.10 Å². The highest BCUT2D eigenvalue weighted by molar-refractivity contribution is 5.82. The van der Waals surface area contributed by atoms with Crippen molar-refractivity contribution in [1.82, 2.24) is 4.98 Å². The van der Waals surface area contributed by atoms with Crippen LogP contribution in [0.25, 0.3) is 0 Å². The molecule has 0 aliphatic carbocycles. The summed E-state index contributed by atoms with van der Waals surface area (Å²) < 4.78 is 5.38. The van der Waals surface area contributed by atoms with Gasteiger partial charge in [-0.05, 0) is 36.2 Å². The summed E-state index contributed by atoms with van der Waals surface area (Å²) >= 11 is 0. The van der Waals surface area contributed by atoms with Gasteiger partial charge < -0.3 is 9.64 Å². The molecule has 1 fully saturated rings. The largest absolute Gasteiger partial charge is 0.378 e. The molecule has 1 aromatic heterocycles. The molecule has 1 aliphatic heterocycles. The lowest BCUT2D eigenvalue weighted by Crippen LogP contribution is -2.36. The van der Waals surface area contributed by atoms with E-state index in [2.05, 4.69) is 33.4 Å². The van der Waals surface area contributed by atoms with Crippen LogP contribution < -0.4 is 10.3 Å². The summed E-state index contributed by atoms with van der Waals surface area (Å²) in [4.78, 5) is 16.7. The zero-order chi connectivity index (χ0) is 17.6. The lowest BCUT2D eigenvalue weighted by Gasteiger charge is -2.30. The Morgan fingerprint density at radius 3 is 2.88 bits per heavy atom. The first-order chi connectivity index (χ1) is 12.1. The Labute approximate surface area is 145 Å². The predicted octanol–water partition coefficient (Wildman–Crippen LogP) is 2.58. The molecule has 1 saturated heterocycles. The van der Waals surface area contributed by atoms with E-state index in [0.717, 1.165) is 37.4 Å². The maximum Gasteiger partial charge on any atom is 0.313 e. The lowest BCUT2D eigenvalue weighted by molar-refractivity contribution is -0.384. The zero-order valence-corrected chi connectivity index (χ0v) is 13.9. The van der Waals surface area contributed by atoms with E-state index in [1.807, 2.05) is 12.1 Å². The van der Waals surface area contributed by atoms with Crippen molar-refractivity contribution in [2.75, 3.05) is 36.6 Å². The maximum atomic E-state index is 10.9. The highest BCUT2D eigenvalue weighted by Gasteiger charge is 2.14. The Balaban J connectivity index is 1.70. The summed E-state index contributed by atoms with van der Waals surface area (Å²) in [5.41, 5.74) is 5.76. The first-order valence-electron chi connectivity index (χ1n) is 7.97. The number of ether oxygens (including phenoxy) is 1. The number of morpholine rings is 1. The number of nitro groups is 1. The Morgan fingerprint density at radius 1 is 1.36 bits per heavy atom. The van der Waals surface area contributed by atoms with E-state index in [0.29, 0.717) is 0 Å². The van der Waals surface area contributed by atoms with Crippen molar-refractivity contribution in [3.05, 3.63) is 57.8 Å². The van der Waals surface area contributed by atoms with Crippen LogP contribution in [0, 0.1) is 17.0 Å². The van der Waals surface area contributed by atoms with Crippen LogP contribution in [0.5, 0.6) is 0 Å². The van der Waals surface area contributed by atoms with E-state index in [9.17, 15) is 10.1 Å². The van der Waals surface area contributed by atoms with Crippen LogP contribution in [0.15, 0.2) is 41.6 Å². The van der Waals surface area contributed by atoms with Gasteiger partial charge in [-0.1, -0.05) is 6.07 Å². The van der Waals surface area contributed by atoms with E-state index < -0.39 is 4.92 Å². The Morgan fingerprint density at radius 2 is 2.16 bits per heavy atom. The normalized spacial score (nSPS) is 14.7. The number of hydrogen-bond donors (Lipinski definition) is 1. The Hall–Kier alpha value is -3.00. The number of hydrogen-bond acceptors (Lipinski definition) is 7. The topological polar surface area (TPSA) is 92.9 Å². The van der Waals surface area contributed by atoms with Gasteiger partial charge in [0, 0.05) is 31.0 Å². The van der Waals surface area contributed by atoms with Gasteiger partial charge in [0.05, 0.1) is 24.4 Å². The average Bonchev–Trinajstić information content (AvgIpc) is 2.63. The number of aryl methyl sites for hydroxylation is 1. The molecule has 0 spiro atoms. The van der Waals surface area contributed by atoms with Crippen molar-refractivity contribution >= 4 is 23.4 Å².